The van der Waals surface area contributed by atoms with Crippen LogP contribution >= 0.6 is 0 Å². The van der Waals surface area contributed by atoms with Crippen molar-refractivity contribution >= 4 is 17.6 Å². The van der Waals surface area contributed by atoms with Crippen molar-refractivity contribution in [2.45, 2.75) is 6.54 Å². The summed E-state index contributed by atoms with van der Waals surface area (Å²) in [6.07, 6.45) is 0. The Bertz CT molecular complexity index is 676. The molecule has 0 fully saturated rings. The summed E-state index contributed by atoms with van der Waals surface area (Å²) in [5.74, 6) is -0.839. The van der Waals surface area contributed by atoms with E-state index in [9.17, 15) is 9.59 Å². The van der Waals surface area contributed by atoms with Crippen LogP contribution in [0.4, 0.5) is 5.69 Å². The van der Waals surface area contributed by atoms with Crippen LogP contribution in [0.25, 0.3) is 0 Å². The van der Waals surface area contributed by atoms with Crippen molar-refractivity contribution in [1.29, 1.82) is 0 Å². The van der Waals surface area contributed by atoms with Gasteiger partial charge in [0.25, 0.3) is 5.91 Å². The Labute approximate surface area is 109 Å². The molecule has 1 amide bonds. The lowest BCUT2D eigenvalue weighted by Gasteiger charge is -2.04. The number of rotatable bonds is 1. The van der Waals surface area contributed by atoms with E-state index in [1.165, 1.54) is 17.9 Å². The Morgan fingerprint density at radius 3 is 3.00 bits per heavy atom. The van der Waals surface area contributed by atoms with Crippen molar-refractivity contribution in [3.05, 3.63) is 47.3 Å². The fourth-order valence-electron chi connectivity index (χ4n) is 2.05. The maximum Gasteiger partial charge on any atom is 0.358 e. The summed E-state index contributed by atoms with van der Waals surface area (Å²) < 4.78 is 6.11. The summed E-state index contributed by atoms with van der Waals surface area (Å²) >= 11 is 0. The molecule has 1 aliphatic heterocycles. The standard InChI is InChI=1S/C13H11N3O3/c1-19-13(18)10-6-11-12(17)14-9-5-3-2-4-8(9)7-16(11)15-10/h2-6H,7H2,1H3,(H,14,17). The van der Waals surface area contributed by atoms with Gasteiger partial charge in [0.1, 0.15) is 5.69 Å². The number of anilines is 1. The first kappa shape index (κ1) is 11.5. The van der Waals surface area contributed by atoms with E-state index in [-0.39, 0.29) is 11.6 Å². The molecule has 6 heteroatoms. The first-order valence-electron chi connectivity index (χ1n) is 5.74. The summed E-state index contributed by atoms with van der Waals surface area (Å²) in [4.78, 5) is 23.5. The monoisotopic (exact) mass is 257 g/mol. The molecule has 19 heavy (non-hydrogen) atoms. The minimum atomic E-state index is -0.554. The van der Waals surface area contributed by atoms with E-state index in [0.29, 0.717) is 12.2 Å². The topological polar surface area (TPSA) is 73.2 Å². The predicted octanol–water partition coefficient (Wildman–Crippen LogP) is 1.28. The Morgan fingerprint density at radius 1 is 1.42 bits per heavy atom. The van der Waals surface area contributed by atoms with Gasteiger partial charge in [0.15, 0.2) is 5.69 Å². The first-order valence-corrected chi connectivity index (χ1v) is 5.74. The number of carbonyl (C=O) groups excluding carboxylic acids is 2. The number of hydrogen-bond acceptors (Lipinski definition) is 4. The lowest BCUT2D eigenvalue weighted by molar-refractivity contribution is 0.0593. The van der Waals surface area contributed by atoms with Crippen molar-refractivity contribution < 1.29 is 14.3 Å². The number of ether oxygens (including phenoxy) is 1. The fraction of sp³-hybridized carbons (Fsp3) is 0.154. The second kappa shape index (κ2) is 4.24. The molecule has 0 atom stereocenters. The Hall–Kier alpha value is -2.63. The molecule has 2 aromatic rings. The zero-order chi connectivity index (χ0) is 13.4. The third-order valence-corrected chi connectivity index (χ3v) is 2.99. The first-order chi connectivity index (χ1) is 9.19. The van der Waals surface area contributed by atoms with Crippen molar-refractivity contribution in [3.63, 3.8) is 0 Å². The number of carbonyl (C=O) groups is 2. The van der Waals surface area contributed by atoms with E-state index >= 15 is 0 Å². The number of aromatic nitrogens is 2. The van der Waals surface area contributed by atoms with Gasteiger partial charge >= 0.3 is 5.97 Å². The van der Waals surface area contributed by atoms with Gasteiger partial charge in [-0.2, -0.15) is 5.10 Å². The second-order valence-electron chi connectivity index (χ2n) is 4.18. The van der Waals surface area contributed by atoms with Crippen LogP contribution in [0.1, 0.15) is 26.5 Å². The predicted molar refractivity (Wildman–Crippen MR) is 67.1 cm³/mol. The van der Waals surface area contributed by atoms with Crippen molar-refractivity contribution in [2.24, 2.45) is 0 Å². The molecule has 0 aliphatic carbocycles. The van der Waals surface area contributed by atoms with Crippen LogP contribution in [0.3, 0.4) is 0 Å². The van der Waals surface area contributed by atoms with Crippen LogP contribution in [0, 0.1) is 0 Å². The van der Waals surface area contributed by atoms with E-state index in [2.05, 4.69) is 15.2 Å². The second-order valence-corrected chi connectivity index (χ2v) is 4.18. The number of esters is 1. The van der Waals surface area contributed by atoms with E-state index in [4.69, 9.17) is 0 Å². The lowest BCUT2D eigenvalue weighted by atomic mass is 10.2. The molecule has 0 unspecified atom stereocenters. The molecule has 1 aromatic heterocycles. The third kappa shape index (κ3) is 1.87. The fourth-order valence-corrected chi connectivity index (χ4v) is 2.05. The number of para-hydroxylation sites is 1. The molecule has 0 bridgehead atoms. The number of benzene rings is 1. The van der Waals surface area contributed by atoms with Gasteiger partial charge in [0, 0.05) is 11.8 Å². The van der Waals surface area contributed by atoms with Crippen LogP contribution < -0.4 is 5.32 Å². The Balaban J connectivity index is 2.08. The zero-order valence-corrected chi connectivity index (χ0v) is 10.2. The molecule has 6 nitrogen and oxygen atoms in total. The van der Waals surface area contributed by atoms with Crippen molar-refractivity contribution in [3.8, 4) is 0 Å². The van der Waals surface area contributed by atoms with Crippen molar-refractivity contribution in [2.75, 3.05) is 12.4 Å². The highest BCUT2D eigenvalue weighted by molar-refractivity contribution is 6.05. The number of nitrogens with one attached hydrogen (secondary N) is 1. The molecular formula is C13H11N3O3. The summed E-state index contributed by atoms with van der Waals surface area (Å²) in [6, 6.07) is 8.92. The van der Waals surface area contributed by atoms with Gasteiger partial charge < -0.3 is 10.1 Å². The highest BCUT2D eigenvalue weighted by Crippen LogP contribution is 2.22. The largest absolute Gasteiger partial charge is 0.464 e. The summed E-state index contributed by atoms with van der Waals surface area (Å²) in [5, 5.41) is 6.91. The van der Waals surface area contributed by atoms with Crippen LogP contribution in [0.15, 0.2) is 30.3 Å². The van der Waals surface area contributed by atoms with E-state index in [1.54, 1.807) is 0 Å². The molecule has 0 radical (unpaired) electrons. The smallest absolute Gasteiger partial charge is 0.358 e. The molecular weight excluding hydrogens is 246 g/mol. The van der Waals surface area contributed by atoms with Crippen LogP contribution in [-0.2, 0) is 11.3 Å². The number of amides is 1. The van der Waals surface area contributed by atoms with E-state index in [0.717, 1.165) is 11.3 Å². The van der Waals surface area contributed by atoms with Gasteiger partial charge in [-0.1, -0.05) is 18.2 Å². The minimum absolute atomic E-state index is 0.132. The molecule has 0 saturated carbocycles. The van der Waals surface area contributed by atoms with Gasteiger partial charge in [0.05, 0.1) is 13.7 Å². The normalized spacial score (nSPS) is 13.0. The van der Waals surface area contributed by atoms with Crippen LogP contribution in [0.2, 0.25) is 0 Å². The lowest BCUT2D eigenvalue weighted by Crippen LogP contribution is -2.13. The number of hydrogen-bond donors (Lipinski definition) is 1. The van der Waals surface area contributed by atoms with Crippen LogP contribution in [-0.4, -0.2) is 28.8 Å². The highest BCUT2D eigenvalue weighted by atomic mass is 16.5. The van der Waals surface area contributed by atoms with Gasteiger partial charge in [-0.15, -0.1) is 0 Å². The number of fused-ring (bicyclic) bond motifs is 2. The maximum atomic E-state index is 12.1. The molecule has 0 saturated heterocycles. The quantitative estimate of drug-likeness (QED) is 0.781. The molecule has 1 aliphatic rings. The van der Waals surface area contributed by atoms with E-state index in [1.807, 2.05) is 24.3 Å². The molecule has 2 heterocycles. The number of methoxy groups -OCH3 is 1. The number of nitrogens with zero attached hydrogens (tertiary/aromatic N) is 2. The maximum absolute atomic E-state index is 12.1. The molecule has 96 valence electrons. The molecule has 3 rings (SSSR count). The summed E-state index contributed by atoms with van der Waals surface area (Å²) in [5.41, 5.74) is 2.18. The summed E-state index contributed by atoms with van der Waals surface area (Å²) in [7, 11) is 1.28. The Morgan fingerprint density at radius 2 is 2.21 bits per heavy atom. The molecule has 1 N–H and O–H groups in total. The third-order valence-electron chi connectivity index (χ3n) is 2.99. The molecule has 1 aromatic carbocycles. The van der Waals surface area contributed by atoms with Crippen LogP contribution in [0.5, 0.6) is 0 Å². The average molecular weight is 257 g/mol. The Kier molecular flexibility index (Phi) is 2.56. The van der Waals surface area contributed by atoms with Crippen molar-refractivity contribution in [1.82, 2.24) is 9.78 Å². The highest BCUT2D eigenvalue weighted by Gasteiger charge is 2.23. The van der Waals surface area contributed by atoms with Gasteiger partial charge in [-0.3, -0.25) is 9.48 Å². The van der Waals surface area contributed by atoms with Gasteiger partial charge in [0.2, 0.25) is 0 Å². The van der Waals surface area contributed by atoms with Gasteiger partial charge in [-0.05, 0) is 11.6 Å². The minimum Gasteiger partial charge on any atom is -0.464 e. The SMILES string of the molecule is COC(=O)c1cc2n(n1)Cc1ccccc1NC2=O. The molecule has 0 spiro atoms. The zero-order valence-electron chi connectivity index (χ0n) is 10.2. The van der Waals surface area contributed by atoms with E-state index < -0.39 is 5.97 Å². The average Bonchev–Trinajstić information content (AvgIpc) is 2.79. The summed E-state index contributed by atoms with van der Waals surface area (Å²) in [6.45, 7) is 0.432. The van der Waals surface area contributed by atoms with Gasteiger partial charge in [-0.25, -0.2) is 4.79 Å².